The van der Waals surface area contributed by atoms with Crippen molar-refractivity contribution < 1.29 is 62.6 Å². The van der Waals surface area contributed by atoms with Crippen LogP contribution in [0.5, 0.6) is 23.0 Å². The van der Waals surface area contributed by atoms with Gasteiger partial charge >= 0.3 is 30.2 Å². The van der Waals surface area contributed by atoms with Crippen molar-refractivity contribution in [3.63, 3.8) is 0 Å². The Morgan fingerprint density at radius 2 is 1.02 bits per heavy atom. The van der Waals surface area contributed by atoms with E-state index in [-0.39, 0.29) is 98.5 Å². The highest BCUT2D eigenvalue weighted by Crippen LogP contribution is 2.63. The van der Waals surface area contributed by atoms with Gasteiger partial charge in [0.05, 0.1) is 57.1 Å². The fourth-order valence-electron chi connectivity index (χ4n) is 6.45. The highest BCUT2D eigenvalue weighted by atomic mass is 127. The van der Waals surface area contributed by atoms with Crippen molar-refractivity contribution in [1.82, 2.24) is 0 Å². The van der Waals surface area contributed by atoms with Crippen molar-refractivity contribution in [3.05, 3.63) is 68.8 Å². The number of rotatable bonds is 18. The van der Waals surface area contributed by atoms with Crippen LogP contribution in [0.2, 0.25) is 20.1 Å². The molecule has 318 valence electrons. The van der Waals surface area contributed by atoms with E-state index < -0.39 is 35.8 Å². The summed E-state index contributed by atoms with van der Waals surface area (Å²) in [6.45, 7) is 0.156. The smallest absolute Gasteiger partial charge is 0.481 e. The van der Waals surface area contributed by atoms with E-state index in [4.69, 9.17) is 85.0 Å². The lowest BCUT2D eigenvalue weighted by molar-refractivity contribution is -0.138. The van der Waals surface area contributed by atoms with Crippen molar-refractivity contribution in [2.24, 2.45) is 0 Å². The van der Waals surface area contributed by atoms with E-state index in [0.717, 1.165) is 38.5 Å². The van der Waals surface area contributed by atoms with Crippen molar-refractivity contribution >= 4 is 167 Å². The molecule has 0 amide bonds. The number of unbranched alkanes of at least 4 members (excludes halogenated alkanes) is 8. The van der Waals surface area contributed by atoms with E-state index in [9.17, 15) is 24.0 Å². The normalized spacial score (nSPS) is 13.2. The zero-order valence-corrected chi connectivity index (χ0v) is 42.1. The third-order valence-electron chi connectivity index (χ3n) is 9.17. The van der Waals surface area contributed by atoms with Crippen LogP contribution in [0.3, 0.4) is 0 Å². The molecule has 0 unspecified atom stereocenters. The molecule has 2 N–H and O–H groups in total. The average molecular weight is 1350 g/mol. The van der Waals surface area contributed by atoms with Gasteiger partial charge in [-0.1, -0.05) is 84.9 Å². The fourth-order valence-corrected chi connectivity index (χ4v) is 11.5. The summed E-state index contributed by atoms with van der Waals surface area (Å²) in [6, 6.07) is 3.23. The Hall–Kier alpha value is -1.51. The zero-order chi connectivity index (χ0) is 43.2. The van der Waals surface area contributed by atoms with Gasteiger partial charge in [0.25, 0.3) is 0 Å². The molecule has 21 heteroatoms. The Kier molecular flexibility index (Phi) is 17.9. The first kappa shape index (κ1) is 48.5. The van der Waals surface area contributed by atoms with E-state index in [1.807, 2.05) is 90.4 Å². The molecule has 2 heterocycles. The van der Waals surface area contributed by atoms with Crippen LogP contribution >= 0.6 is 137 Å². The molecular weight excluding hydrogens is 1310 g/mol. The van der Waals surface area contributed by atoms with Gasteiger partial charge in [-0.15, -0.1) is 0 Å². The number of hydrogen-bond donors (Lipinski definition) is 2. The maximum atomic E-state index is 13.9. The second-order valence-electron chi connectivity index (χ2n) is 13.2. The SMILES string of the molecule is O=C(O)CCCCCCCOC(=O)Oc1c(I)cc2c(c1I)Oc1c(cc(I)c(OC(=O)OCCCCCCCC(=O)O)c1I)C21OC(=O)c2c(Cl)c(Cl)c(Cl)c(Cl)c21. The lowest BCUT2D eigenvalue weighted by Gasteiger charge is -2.38. The van der Waals surface area contributed by atoms with Crippen LogP contribution in [-0.4, -0.2) is 53.6 Å². The standard InChI is InChI=1S/C38H32Cl4I4O13/c39-25-23-24(26(40)28(42)27(25)41)38(59-35(23)51)17-15-19(43)33(57-36(52)54-13-9-5-1-3-7-11-21(47)48)29(45)31(17)56-32-18(38)16-20(44)34(30(32)46)58-37(53)55-14-10-6-2-4-8-12-22(49)50/h15-16H,1-14H2,(H,47,48)(H,49,50). The molecule has 13 nitrogen and oxygen atoms in total. The second-order valence-corrected chi connectivity index (χ2v) is 19.2. The highest BCUT2D eigenvalue weighted by Gasteiger charge is 2.58. The minimum atomic E-state index is -1.85. The molecule has 1 spiro atoms. The largest absolute Gasteiger partial charge is 0.513 e. The molecule has 3 aromatic carbocycles. The van der Waals surface area contributed by atoms with E-state index in [2.05, 4.69) is 0 Å². The van der Waals surface area contributed by atoms with Crippen LogP contribution in [0.25, 0.3) is 0 Å². The maximum Gasteiger partial charge on any atom is 0.513 e. The van der Waals surface area contributed by atoms with E-state index in [0.29, 0.717) is 32.8 Å². The van der Waals surface area contributed by atoms with Gasteiger partial charge in [-0.25, -0.2) is 14.4 Å². The first-order chi connectivity index (χ1) is 28.0. The Morgan fingerprint density at radius 1 is 0.610 bits per heavy atom. The lowest BCUT2D eigenvalue weighted by atomic mass is 9.77. The number of halogens is 8. The predicted octanol–water partition coefficient (Wildman–Crippen LogP) is 13.2. The minimum Gasteiger partial charge on any atom is -0.481 e. The Morgan fingerprint density at radius 3 is 1.46 bits per heavy atom. The average Bonchev–Trinajstić information content (AvgIpc) is 3.49. The number of ether oxygens (including phenoxy) is 6. The molecule has 0 aromatic heterocycles. The number of esters is 1. The van der Waals surface area contributed by atoms with Gasteiger partial charge in [-0.3, -0.25) is 9.59 Å². The number of aliphatic carboxylic acids is 2. The zero-order valence-electron chi connectivity index (χ0n) is 30.5. The molecule has 0 fully saturated rings. The molecular formula is C38H32Cl4I4O13. The van der Waals surface area contributed by atoms with Crippen LogP contribution in [0.1, 0.15) is 104 Å². The third-order valence-corrected chi connectivity index (χ3v) is 14.5. The number of fused-ring (bicyclic) bond motifs is 6. The van der Waals surface area contributed by atoms with Crippen LogP contribution < -0.4 is 14.2 Å². The maximum absolute atomic E-state index is 13.9. The van der Waals surface area contributed by atoms with Crippen LogP contribution in [0, 0.1) is 14.3 Å². The molecule has 0 aliphatic carbocycles. The van der Waals surface area contributed by atoms with Crippen molar-refractivity contribution in [3.8, 4) is 23.0 Å². The van der Waals surface area contributed by atoms with Gasteiger partial charge in [0.2, 0.25) is 0 Å². The number of benzene rings is 3. The number of carbonyl (C=O) groups is 5. The Balaban J connectivity index is 1.46. The van der Waals surface area contributed by atoms with E-state index in [1.165, 1.54) is 0 Å². The summed E-state index contributed by atoms with van der Waals surface area (Å²) in [5, 5.41) is 17.1. The van der Waals surface area contributed by atoms with Crippen LogP contribution in [0.15, 0.2) is 12.1 Å². The van der Waals surface area contributed by atoms with Gasteiger partial charge in [0, 0.05) is 18.4 Å². The Labute approximate surface area is 412 Å². The molecule has 0 bridgehead atoms. The van der Waals surface area contributed by atoms with Gasteiger partial charge in [0.15, 0.2) is 28.6 Å². The number of carboxylic acid groups (broad SMARTS) is 2. The molecule has 0 radical (unpaired) electrons. The number of carbonyl (C=O) groups excluding carboxylic acids is 3. The summed E-state index contributed by atoms with van der Waals surface area (Å²) in [5.41, 5.74) is -1.30. The quantitative estimate of drug-likeness (QED) is 0.0234. The van der Waals surface area contributed by atoms with Gasteiger partial charge < -0.3 is 38.6 Å². The lowest BCUT2D eigenvalue weighted by Crippen LogP contribution is -2.34. The monoisotopic (exact) mass is 1340 g/mol. The first-order valence-electron chi connectivity index (χ1n) is 18.0. The number of carboxylic acids is 2. The highest BCUT2D eigenvalue weighted by molar-refractivity contribution is 14.1. The fraction of sp³-hybridized carbons (Fsp3) is 0.395. The molecule has 2 aliphatic rings. The van der Waals surface area contributed by atoms with Crippen molar-refractivity contribution in [2.45, 2.75) is 82.7 Å². The minimum absolute atomic E-state index is 0.0782. The summed E-state index contributed by atoms with van der Waals surface area (Å²) in [7, 11) is 0. The first-order valence-corrected chi connectivity index (χ1v) is 23.8. The molecule has 0 saturated carbocycles. The molecule has 0 atom stereocenters. The third kappa shape index (κ3) is 11.0. The molecule has 59 heavy (non-hydrogen) atoms. The summed E-state index contributed by atoms with van der Waals surface area (Å²) in [6.07, 6.45) is 5.08. The predicted molar refractivity (Wildman–Crippen MR) is 250 cm³/mol. The summed E-state index contributed by atoms with van der Waals surface area (Å²) in [4.78, 5) is 61.2. The molecule has 0 saturated heterocycles. The molecule has 3 aromatic rings. The number of hydrogen-bond acceptors (Lipinski definition) is 11. The summed E-state index contributed by atoms with van der Waals surface area (Å²) >= 11 is 34.5. The summed E-state index contributed by atoms with van der Waals surface area (Å²) in [5.74, 6) is -2.13. The van der Waals surface area contributed by atoms with Gasteiger partial charge in [-0.05, 0) is 128 Å². The summed E-state index contributed by atoms with van der Waals surface area (Å²) < 4.78 is 36.4. The second kappa shape index (κ2) is 21.7. The topological polar surface area (TPSA) is 181 Å². The Bertz CT molecular complexity index is 2080. The van der Waals surface area contributed by atoms with Crippen molar-refractivity contribution in [1.29, 1.82) is 0 Å². The molecule has 5 rings (SSSR count). The van der Waals surface area contributed by atoms with Crippen molar-refractivity contribution in [2.75, 3.05) is 13.2 Å². The van der Waals surface area contributed by atoms with Gasteiger partial charge in [-0.2, -0.15) is 0 Å². The molecule has 2 aliphatic heterocycles. The van der Waals surface area contributed by atoms with Crippen LogP contribution in [-0.2, 0) is 29.4 Å². The van der Waals surface area contributed by atoms with Gasteiger partial charge in [0.1, 0.15) is 7.14 Å². The van der Waals surface area contributed by atoms with E-state index >= 15 is 0 Å². The van der Waals surface area contributed by atoms with Crippen LogP contribution in [0.4, 0.5) is 9.59 Å². The van der Waals surface area contributed by atoms with E-state index in [1.54, 1.807) is 12.1 Å².